The molecule has 3 atom stereocenters. The molecule has 2 aliphatic carbocycles. The van der Waals surface area contributed by atoms with Crippen molar-refractivity contribution in [3.63, 3.8) is 0 Å². The third-order valence-corrected chi connectivity index (χ3v) is 6.18. The second kappa shape index (κ2) is 5.42. The summed E-state index contributed by atoms with van der Waals surface area (Å²) in [6, 6.07) is 31.8. The summed E-state index contributed by atoms with van der Waals surface area (Å²) < 4.78 is 0. The Morgan fingerprint density at radius 3 is 1.64 bits per heavy atom. The smallest absolute Gasteiger partial charge is 0.138 e. The summed E-state index contributed by atoms with van der Waals surface area (Å²) >= 11 is 0. The van der Waals surface area contributed by atoms with Gasteiger partial charge in [0.2, 0.25) is 0 Å². The molecule has 2 fully saturated rings. The Bertz CT molecular complexity index is 859. The quantitative estimate of drug-likeness (QED) is 0.664. The molecule has 0 unspecified atom stereocenters. The van der Waals surface area contributed by atoms with Crippen LogP contribution in [0, 0.1) is 11.8 Å². The van der Waals surface area contributed by atoms with Crippen LogP contribution < -0.4 is 0 Å². The lowest BCUT2D eigenvalue weighted by atomic mass is 9.69. The van der Waals surface area contributed by atoms with Gasteiger partial charge < -0.3 is 0 Å². The molecule has 1 nitrogen and oxygen atoms in total. The van der Waals surface area contributed by atoms with Gasteiger partial charge in [-0.15, -0.1) is 0 Å². The molecule has 0 spiro atoms. The molecule has 0 N–H and O–H groups in total. The van der Waals surface area contributed by atoms with Gasteiger partial charge in [0.1, 0.15) is 5.78 Å². The molecule has 0 aromatic heterocycles. The van der Waals surface area contributed by atoms with E-state index in [9.17, 15) is 4.79 Å². The Morgan fingerprint density at radius 2 is 1.12 bits per heavy atom. The molecule has 5 rings (SSSR count). The Labute approximate surface area is 148 Å². The molecule has 122 valence electrons. The predicted molar refractivity (Wildman–Crippen MR) is 99.5 cm³/mol. The summed E-state index contributed by atoms with van der Waals surface area (Å²) in [4.78, 5) is 13.0. The van der Waals surface area contributed by atoms with Crippen LogP contribution in [0.3, 0.4) is 0 Å². The normalized spacial score (nSPS) is 26.2. The van der Waals surface area contributed by atoms with Crippen molar-refractivity contribution < 1.29 is 4.79 Å². The largest absolute Gasteiger partial charge is 0.299 e. The fourth-order valence-corrected chi connectivity index (χ4v) is 5.15. The van der Waals surface area contributed by atoms with E-state index < -0.39 is 0 Å². The summed E-state index contributed by atoms with van der Waals surface area (Å²) in [5.41, 5.74) is 3.67. The maximum absolute atomic E-state index is 13.0. The SMILES string of the molecule is O=C1CC(c2ccccc2)(c2ccccc2)[C@H]2[C@@H]1[C@@H]2c1ccccc1. The number of hydrogen-bond acceptors (Lipinski definition) is 1. The predicted octanol–water partition coefficient (Wildman–Crippen LogP) is 4.98. The van der Waals surface area contributed by atoms with Crippen LogP contribution in [0.1, 0.15) is 29.0 Å². The summed E-state index contributed by atoms with van der Waals surface area (Å²) in [6.07, 6.45) is 0.625. The molecular weight excluding hydrogens is 304 g/mol. The van der Waals surface area contributed by atoms with E-state index in [1.165, 1.54) is 16.7 Å². The van der Waals surface area contributed by atoms with Crippen molar-refractivity contribution in [1.82, 2.24) is 0 Å². The fraction of sp³-hybridized carbons (Fsp3) is 0.208. The van der Waals surface area contributed by atoms with E-state index in [-0.39, 0.29) is 11.3 Å². The summed E-state index contributed by atoms with van der Waals surface area (Å²) in [5, 5.41) is 0. The van der Waals surface area contributed by atoms with Crippen LogP contribution in [0.15, 0.2) is 91.0 Å². The van der Waals surface area contributed by atoms with Crippen LogP contribution in [-0.4, -0.2) is 5.78 Å². The number of Topliss-reactive ketones (excluding diaryl/α,β-unsaturated/α-hetero) is 1. The number of rotatable bonds is 3. The van der Waals surface area contributed by atoms with Gasteiger partial charge in [-0.1, -0.05) is 91.0 Å². The number of carbonyl (C=O) groups excluding carboxylic acids is 1. The van der Waals surface area contributed by atoms with Crippen LogP contribution in [0.5, 0.6) is 0 Å². The van der Waals surface area contributed by atoms with Gasteiger partial charge in [0, 0.05) is 17.8 Å². The summed E-state index contributed by atoms with van der Waals surface area (Å²) in [5.74, 6) is 1.31. The van der Waals surface area contributed by atoms with E-state index in [1.54, 1.807) is 0 Å². The van der Waals surface area contributed by atoms with Crippen LogP contribution in [0.4, 0.5) is 0 Å². The second-order valence-electron chi connectivity index (χ2n) is 7.33. The van der Waals surface area contributed by atoms with Crippen molar-refractivity contribution in [1.29, 1.82) is 0 Å². The molecule has 0 heterocycles. The molecule has 2 aliphatic rings. The Balaban J connectivity index is 1.69. The topological polar surface area (TPSA) is 17.1 Å². The third kappa shape index (κ3) is 2.05. The Hall–Kier alpha value is -2.67. The minimum atomic E-state index is -0.190. The first-order valence-electron chi connectivity index (χ1n) is 9.01. The highest BCUT2D eigenvalue weighted by Gasteiger charge is 2.70. The maximum Gasteiger partial charge on any atom is 0.138 e. The van der Waals surface area contributed by atoms with Crippen molar-refractivity contribution in [2.24, 2.45) is 11.8 Å². The lowest BCUT2D eigenvalue weighted by molar-refractivity contribution is -0.119. The van der Waals surface area contributed by atoms with Crippen LogP contribution in [-0.2, 0) is 10.2 Å². The number of fused-ring (bicyclic) bond motifs is 1. The van der Waals surface area contributed by atoms with E-state index in [2.05, 4.69) is 84.9 Å². The van der Waals surface area contributed by atoms with E-state index in [0.717, 1.165) is 0 Å². The highest BCUT2D eigenvalue weighted by molar-refractivity contribution is 5.92. The minimum absolute atomic E-state index is 0.169. The first kappa shape index (κ1) is 14.7. The minimum Gasteiger partial charge on any atom is -0.299 e. The number of ketones is 1. The van der Waals surface area contributed by atoms with E-state index in [4.69, 9.17) is 0 Å². The van der Waals surface area contributed by atoms with Crippen LogP contribution >= 0.6 is 0 Å². The number of hydrogen-bond donors (Lipinski definition) is 0. The Morgan fingerprint density at radius 1 is 0.640 bits per heavy atom. The van der Waals surface area contributed by atoms with Crippen molar-refractivity contribution in [3.8, 4) is 0 Å². The molecule has 2 saturated carbocycles. The molecule has 25 heavy (non-hydrogen) atoms. The van der Waals surface area contributed by atoms with Crippen molar-refractivity contribution >= 4 is 5.78 Å². The molecule has 3 aromatic carbocycles. The zero-order valence-corrected chi connectivity index (χ0v) is 14.0. The first-order valence-corrected chi connectivity index (χ1v) is 9.01. The van der Waals surface area contributed by atoms with Gasteiger partial charge in [-0.25, -0.2) is 0 Å². The summed E-state index contributed by atoms with van der Waals surface area (Å²) in [7, 11) is 0. The molecule has 0 saturated heterocycles. The number of carbonyl (C=O) groups is 1. The lowest BCUT2D eigenvalue weighted by Crippen LogP contribution is -2.30. The average molecular weight is 324 g/mol. The van der Waals surface area contributed by atoms with E-state index in [0.29, 0.717) is 24.0 Å². The van der Waals surface area contributed by atoms with E-state index >= 15 is 0 Å². The van der Waals surface area contributed by atoms with Crippen LogP contribution in [0.2, 0.25) is 0 Å². The number of benzene rings is 3. The molecular formula is C24H20O. The second-order valence-corrected chi connectivity index (χ2v) is 7.33. The maximum atomic E-state index is 13.0. The van der Waals surface area contributed by atoms with E-state index in [1.807, 2.05) is 6.07 Å². The molecule has 0 radical (unpaired) electrons. The highest BCUT2D eigenvalue weighted by atomic mass is 16.1. The van der Waals surface area contributed by atoms with Gasteiger partial charge >= 0.3 is 0 Å². The van der Waals surface area contributed by atoms with Crippen molar-refractivity contribution in [3.05, 3.63) is 108 Å². The standard InChI is InChI=1S/C24H20O/c25-20-16-24(18-12-6-2-7-13-18,19-14-8-3-9-15-19)23-21(22(20)23)17-10-4-1-5-11-17/h1-15,21-23H,16H2/t21-,22-,23+/m0/s1. The molecule has 1 heteroatoms. The molecule has 0 aliphatic heterocycles. The first-order chi connectivity index (χ1) is 12.3. The van der Waals surface area contributed by atoms with Gasteiger partial charge in [0.05, 0.1) is 0 Å². The van der Waals surface area contributed by atoms with Gasteiger partial charge in [-0.2, -0.15) is 0 Å². The lowest BCUT2D eigenvalue weighted by Gasteiger charge is -2.33. The zero-order chi connectivity index (χ0) is 16.9. The van der Waals surface area contributed by atoms with Crippen molar-refractivity contribution in [2.45, 2.75) is 17.8 Å². The monoisotopic (exact) mass is 324 g/mol. The molecule has 0 bridgehead atoms. The molecule has 0 amide bonds. The molecule has 3 aromatic rings. The van der Waals surface area contributed by atoms with Gasteiger partial charge in [0.15, 0.2) is 0 Å². The summed E-state index contributed by atoms with van der Waals surface area (Å²) in [6.45, 7) is 0. The zero-order valence-electron chi connectivity index (χ0n) is 14.0. The van der Waals surface area contributed by atoms with Crippen LogP contribution in [0.25, 0.3) is 0 Å². The highest BCUT2D eigenvalue weighted by Crippen LogP contribution is 2.71. The van der Waals surface area contributed by atoms with Gasteiger partial charge in [-0.3, -0.25) is 4.79 Å². The van der Waals surface area contributed by atoms with Crippen molar-refractivity contribution in [2.75, 3.05) is 0 Å². The van der Waals surface area contributed by atoms with Gasteiger partial charge in [-0.05, 0) is 28.5 Å². The third-order valence-electron chi connectivity index (χ3n) is 6.18. The fourth-order valence-electron chi connectivity index (χ4n) is 5.15. The van der Waals surface area contributed by atoms with Gasteiger partial charge in [0.25, 0.3) is 0 Å². The Kier molecular flexibility index (Phi) is 3.18. The average Bonchev–Trinajstić information content (AvgIpc) is 3.37.